The summed E-state index contributed by atoms with van der Waals surface area (Å²) in [5, 5.41) is 6.15. The summed E-state index contributed by atoms with van der Waals surface area (Å²) in [5.74, 6) is 0.160. The van der Waals surface area contributed by atoms with Crippen LogP contribution in [0.3, 0.4) is 0 Å². The highest BCUT2D eigenvalue weighted by molar-refractivity contribution is 5.78. The zero-order chi connectivity index (χ0) is 12.3. The first-order valence-corrected chi connectivity index (χ1v) is 6.15. The minimum atomic E-state index is -0.0386. The molecule has 1 aromatic carbocycles. The fourth-order valence-electron chi connectivity index (χ4n) is 2.71. The maximum absolute atomic E-state index is 11.7. The van der Waals surface area contributed by atoms with E-state index in [9.17, 15) is 4.79 Å². The van der Waals surface area contributed by atoms with Crippen LogP contribution in [-0.4, -0.2) is 26.0 Å². The molecular weight excluding hydrogens is 212 g/mol. The molecule has 92 valence electrons. The van der Waals surface area contributed by atoms with Crippen LogP contribution >= 0.6 is 0 Å². The van der Waals surface area contributed by atoms with Gasteiger partial charge in [0.05, 0.1) is 0 Å². The Morgan fingerprint density at radius 1 is 1.47 bits per heavy atom. The van der Waals surface area contributed by atoms with Gasteiger partial charge in [0.15, 0.2) is 0 Å². The largest absolute Gasteiger partial charge is 0.356 e. The van der Waals surface area contributed by atoms with E-state index in [2.05, 4.69) is 41.8 Å². The third kappa shape index (κ3) is 2.50. The lowest BCUT2D eigenvalue weighted by molar-refractivity contribution is -0.124. The van der Waals surface area contributed by atoms with Crippen LogP contribution in [0.15, 0.2) is 24.3 Å². The molecule has 1 amide bonds. The molecule has 3 heteroatoms. The van der Waals surface area contributed by atoms with Gasteiger partial charge in [0, 0.05) is 24.9 Å². The van der Waals surface area contributed by atoms with Crippen LogP contribution in [0, 0.1) is 6.92 Å². The summed E-state index contributed by atoms with van der Waals surface area (Å²) >= 11 is 0. The molecule has 0 radical (unpaired) electrons. The maximum atomic E-state index is 11.7. The Balaban J connectivity index is 2.36. The van der Waals surface area contributed by atoms with Crippen molar-refractivity contribution >= 4 is 5.91 Å². The Bertz CT molecular complexity index is 412. The average Bonchev–Trinajstić information content (AvgIpc) is 2.29. The summed E-state index contributed by atoms with van der Waals surface area (Å²) in [7, 11) is 1.95. The molecule has 0 saturated carbocycles. The van der Waals surface area contributed by atoms with Crippen molar-refractivity contribution in [2.45, 2.75) is 25.2 Å². The lowest BCUT2D eigenvalue weighted by Crippen LogP contribution is -2.48. The van der Waals surface area contributed by atoms with Crippen LogP contribution in [0.25, 0.3) is 0 Å². The number of benzene rings is 1. The first kappa shape index (κ1) is 12.1. The van der Waals surface area contributed by atoms with E-state index >= 15 is 0 Å². The number of piperidine rings is 1. The number of nitrogens with one attached hydrogen (secondary N) is 2. The summed E-state index contributed by atoms with van der Waals surface area (Å²) in [6.07, 6.45) is 1.58. The van der Waals surface area contributed by atoms with E-state index in [1.807, 2.05) is 7.05 Å². The second-order valence-corrected chi connectivity index (χ2v) is 4.96. The van der Waals surface area contributed by atoms with Crippen LogP contribution in [-0.2, 0) is 10.2 Å². The summed E-state index contributed by atoms with van der Waals surface area (Å²) in [6, 6.07) is 8.52. The van der Waals surface area contributed by atoms with Crippen molar-refractivity contribution in [1.82, 2.24) is 10.6 Å². The monoisotopic (exact) mass is 232 g/mol. The Morgan fingerprint density at radius 3 is 2.94 bits per heavy atom. The van der Waals surface area contributed by atoms with Gasteiger partial charge in [0.2, 0.25) is 5.91 Å². The van der Waals surface area contributed by atoms with Gasteiger partial charge in [-0.1, -0.05) is 29.8 Å². The molecule has 2 rings (SSSR count). The lowest BCUT2D eigenvalue weighted by Gasteiger charge is -2.37. The Hall–Kier alpha value is -1.35. The molecule has 0 bridgehead atoms. The SMILES string of the molecule is CNCC1(c2cccc(C)c2)CCNC(=O)C1. The molecule has 1 aliphatic rings. The summed E-state index contributed by atoms with van der Waals surface area (Å²) in [6.45, 7) is 3.72. The number of amides is 1. The molecule has 0 aromatic heterocycles. The van der Waals surface area contributed by atoms with E-state index in [0.717, 1.165) is 19.5 Å². The van der Waals surface area contributed by atoms with Gasteiger partial charge in [0.1, 0.15) is 0 Å². The zero-order valence-electron chi connectivity index (χ0n) is 10.5. The van der Waals surface area contributed by atoms with Crippen molar-refractivity contribution in [3.05, 3.63) is 35.4 Å². The third-order valence-corrected chi connectivity index (χ3v) is 3.57. The van der Waals surface area contributed by atoms with E-state index in [1.165, 1.54) is 11.1 Å². The average molecular weight is 232 g/mol. The van der Waals surface area contributed by atoms with Gasteiger partial charge in [-0.15, -0.1) is 0 Å². The van der Waals surface area contributed by atoms with Crippen LogP contribution in [0.1, 0.15) is 24.0 Å². The van der Waals surface area contributed by atoms with Gasteiger partial charge in [-0.3, -0.25) is 4.79 Å². The molecule has 1 heterocycles. The Kier molecular flexibility index (Phi) is 3.48. The molecule has 1 unspecified atom stereocenters. The van der Waals surface area contributed by atoms with Crippen molar-refractivity contribution in [2.24, 2.45) is 0 Å². The first-order chi connectivity index (χ1) is 8.16. The van der Waals surface area contributed by atoms with Gasteiger partial charge in [0.25, 0.3) is 0 Å². The van der Waals surface area contributed by atoms with Crippen molar-refractivity contribution in [1.29, 1.82) is 0 Å². The minimum absolute atomic E-state index is 0.0386. The molecule has 17 heavy (non-hydrogen) atoms. The smallest absolute Gasteiger partial charge is 0.220 e. The summed E-state index contributed by atoms with van der Waals surface area (Å²) in [4.78, 5) is 11.7. The highest BCUT2D eigenvalue weighted by Gasteiger charge is 2.36. The summed E-state index contributed by atoms with van der Waals surface area (Å²) in [5.41, 5.74) is 2.49. The normalized spacial score (nSPS) is 24.5. The van der Waals surface area contributed by atoms with Crippen LogP contribution in [0.5, 0.6) is 0 Å². The molecule has 1 aliphatic heterocycles. The molecule has 0 spiro atoms. The fraction of sp³-hybridized carbons (Fsp3) is 0.500. The van der Waals surface area contributed by atoms with Gasteiger partial charge in [-0.05, 0) is 26.0 Å². The fourth-order valence-corrected chi connectivity index (χ4v) is 2.71. The minimum Gasteiger partial charge on any atom is -0.356 e. The molecule has 2 N–H and O–H groups in total. The third-order valence-electron chi connectivity index (χ3n) is 3.57. The number of hydrogen-bond donors (Lipinski definition) is 2. The number of hydrogen-bond acceptors (Lipinski definition) is 2. The van der Waals surface area contributed by atoms with Crippen molar-refractivity contribution in [3.8, 4) is 0 Å². The van der Waals surface area contributed by atoms with Crippen molar-refractivity contribution < 1.29 is 4.79 Å². The zero-order valence-corrected chi connectivity index (χ0v) is 10.5. The van der Waals surface area contributed by atoms with Gasteiger partial charge in [-0.25, -0.2) is 0 Å². The van der Waals surface area contributed by atoms with Crippen LogP contribution < -0.4 is 10.6 Å². The van der Waals surface area contributed by atoms with Crippen molar-refractivity contribution in [3.63, 3.8) is 0 Å². The van der Waals surface area contributed by atoms with E-state index in [4.69, 9.17) is 0 Å². The number of likely N-dealkylation sites (N-methyl/N-ethyl adjacent to an activating group) is 1. The Morgan fingerprint density at radius 2 is 2.29 bits per heavy atom. The summed E-state index contributed by atoms with van der Waals surface area (Å²) < 4.78 is 0. The highest BCUT2D eigenvalue weighted by atomic mass is 16.1. The van der Waals surface area contributed by atoms with Crippen molar-refractivity contribution in [2.75, 3.05) is 20.1 Å². The quantitative estimate of drug-likeness (QED) is 0.826. The molecule has 1 aromatic rings. The van der Waals surface area contributed by atoms with E-state index in [-0.39, 0.29) is 11.3 Å². The standard InChI is InChI=1S/C14H20N2O/c1-11-4-3-5-12(8-11)14(10-15-2)6-7-16-13(17)9-14/h3-5,8,15H,6-7,9-10H2,1-2H3,(H,16,17). The predicted octanol–water partition coefficient (Wildman–Crippen LogP) is 1.36. The number of aryl methyl sites for hydroxylation is 1. The van der Waals surface area contributed by atoms with Gasteiger partial charge < -0.3 is 10.6 Å². The second kappa shape index (κ2) is 4.88. The molecule has 1 atom stereocenters. The van der Waals surface area contributed by atoms with E-state index in [0.29, 0.717) is 6.42 Å². The Labute approximate surface area is 103 Å². The molecule has 1 saturated heterocycles. The maximum Gasteiger partial charge on any atom is 0.220 e. The topological polar surface area (TPSA) is 41.1 Å². The molecule has 1 fully saturated rings. The van der Waals surface area contributed by atoms with Gasteiger partial charge >= 0.3 is 0 Å². The molecule has 3 nitrogen and oxygen atoms in total. The first-order valence-electron chi connectivity index (χ1n) is 6.15. The second-order valence-electron chi connectivity index (χ2n) is 4.96. The molecular formula is C14H20N2O. The van der Waals surface area contributed by atoms with E-state index < -0.39 is 0 Å². The number of carbonyl (C=O) groups excluding carboxylic acids is 1. The lowest BCUT2D eigenvalue weighted by atomic mass is 9.72. The van der Waals surface area contributed by atoms with Crippen LogP contribution in [0.2, 0.25) is 0 Å². The van der Waals surface area contributed by atoms with Gasteiger partial charge in [-0.2, -0.15) is 0 Å². The number of rotatable bonds is 3. The van der Waals surface area contributed by atoms with E-state index in [1.54, 1.807) is 0 Å². The highest BCUT2D eigenvalue weighted by Crippen LogP contribution is 2.33. The molecule has 0 aliphatic carbocycles. The predicted molar refractivity (Wildman–Crippen MR) is 69.0 cm³/mol. The van der Waals surface area contributed by atoms with Crippen LogP contribution in [0.4, 0.5) is 0 Å². The number of carbonyl (C=O) groups is 1.